The Morgan fingerprint density at radius 3 is 2.72 bits per heavy atom. The summed E-state index contributed by atoms with van der Waals surface area (Å²) in [5.41, 5.74) is 0.228. The molecule has 0 N–H and O–H groups in total. The largest absolute Gasteiger partial charge is 0.464 e. The summed E-state index contributed by atoms with van der Waals surface area (Å²) < 4.78 is 16.7. The maximum atomic E-state index is 12.8. The number of rotatable bonds is 5. The second-order valence-corrected chi connectivity index (χ2v) is 7.23. The number of furan rings is 2. The van der Waals surface area contributed by atoms with Crippen LogP contribution in [0.4, 0.5) is 5.88 Å². The van der Waals surface area contributed by atoms with Gasteiger partial charge in [-0.05, 0) is 44.0 Å². The zero-order valence-electron chi connectivity index (χ0n) is 16.4. The summed E-state index contributed by atoms with van der Waals surface area (Å²) in [6.45, 7) is 3.58. The van der Waals surface area contributed by atoms with Crippen LogP contribution in [0.3, 0.4) is 0 Å². The van der Waals surface area contributed by atoms with Crippen LogP contribution in [0, 0.1) is 24.2 Å². The first-order valence-corrected chi connectivity index (χ1v) is 9.55. The van der Waals surface area contributed by atoms with Crippen LogP contribution in [0.1, 0.15) is 30.1 Å². The minimum absolute atomic E-state index is 0.0645. The first kappa shape index (κ1) is 18.9. The van der Waals surface area contributed by atoms with Gasteiger partial charge in [-0.3, -0.25) is 4.79 Å². The Labute approximate surface area is 168 Å². The number of nitriles is 1. The summed E-state index contributed by atoms with van der Waals surface area (Å²) in [7, 11) is 1.80. The third kappa shape index (κ3) is 3.90. The van der Waals surface area contributed by atoms with Crippen molar-refractivity contribution in [2.75, 3.05) is 25.0 Å². The third-order valence-electron chi connectivity index (χ3n) is 5.14. The summed E-state index contributed by atoms with van der Waals surface area (Å²) in [6.07, 6.45) is 2.90. The van der Waals surface area contributed by atoms with Crippen molar-refractivity contribution in [1.82, 2.24) is 9.88 Å². The lowest BCUT2D eigenvalue weighted by atomic mass is 9.95. The standard InChI is InChI=1S/C21H22N4O4/c1-14-5-6-16(28-14)13-24(2)20(26)15-7-9-25(10-8-15)21-17(12-22)23-19(29-21)18-4-3-11-27-18/h3-6,11,15H,7-10,13H2,1-2H3. The summed E-state index contributed by atoms with van der Waals surface area (Å²) in [4.78, 5) is 20.7. The van der Waals surface area contributed by atoms with Crippen LogP contribution in [0.25, 0.3) is 11.7 Å². The normalized spacial score (nSPS) is 14.7. The Hall–Kier alpha value is -3.47. The maximum Gasteiger partial charge on any atom is 0.266 e. The summed E-state index contributed by atoms with van der Waals surface area (Å²) in [5.74, 6) is 2.85. The van der Waals surface area contributed by atoms with Crippen LogP contribution in [-0.4, -0.2) is 35.9 Å². The van der Waals surface area contributed by atoms with E-state index in [-0.39, 0.29) is 23.4 Å². The van der Waals surface area contributed by atoms with E-state index in [9.17, 15) is 10.1 Å². The van der Waals surface area contributed by atoms with E-state index in [0.717, 1.165) is 11.5 Å². The van der Waals surface area contributed by atoms with Gasteiger partial charge in [0.2, 0.25) is 17.5 Å². The van der Waals surface area contributed by atoms with Gasteiger partial charge < -0.3 is 23.1 Å². The van der Waals surface area contributed by atoms with Crippen molar-refractivity contribution >= 4 is 11.8 Å². The van der Waals surface area contributed by atoms with Crippen LogP contribution in [0.15, 0.2) is 43.8 Å². The predicted octanol–water partition coefficient (Wildman–Crippen LogP) is 3.58. The second-order valence-electron chi connectivity index (χ2n) is 7.23. The fourth-order valence-corrected chi connectivity index (χ4v) is 3.63. The molecule has 4 rings (SSSR count). The summed E-state index contributed by atoms with van der Waals surface area (Å²) >= 11 is 0. The van der Waals surface area contributed by atoms with Crippen molar-refractivity contribution in [2.45, 2.75) is 26.3 Å². The van der Waals surface area contributed by atoms with E-state index in [1.54, 1.807) is 24.1 Å². The van der Waals surface area contributed by atoms with Crippen molar-refractivity contribution in [3.05, 3.63) is 47.7 Å². The van der Waals surface area contributed by atoms with Crippen LogP contribution < -0.4 is 4.90 Å². The monoisotopic (exact) mass is 394 g/mol. The molecule has 0 aliphatic carbocycles. The number of nitrogens with zero attached hydrogens (tertiary/aromatic N) is 4. The Kier molecular flexibility index (Phi) is 5.12. The van der Waals surface area contributed by atoms with Crippen molar-refractivity contribution in [2.24, 2.45) is 5.92 Å². The van der Waals surface area contributed by atoms with Gasteiger partial charge in [-0.1, -0.05) is 0 Å². The number of piperidine rings is 1. The second kappa shape index (κ2) is 7.87. The molecule has 1 aliphatic heterocycles. The molecule has 0 unspecified atom stereocenters. The Morgan fingerprint density at radius 2 is 2.10 bits per heavy atom. The zero-order chi connectivity index (χ0) is 20.4. The lowest BCUT2D eigenvalue weighted by Crippen LogP contribution is -2.41. The van der Waals surface area contributed by atoms with E-state index in [1.807, 2.05) is 24.0 Å². The minimum Gasteiger partial charge on any atom is -0.464 e. The van der Waals surface area contributed by atoms with Crippen LogP contribution in [0.2, 0.25) is 0 Å². The van der Waals surface area contributed by atoms with Gasteiger partial charge in [-0.25, -0.2) is 0 Å². The molecule has 3 aromatic rings. The zero-order valence-corrected chi connectivity index (χ0v) is 16.4. The number of anilines is 1. The number of hydrogen-bond acceptors (Lipinski definition) is 7. The molecule has 1 fully saturated rings. The van der Waals surface area contributed by atoms with E-state index in [0.29, 0.717) is 44.1 Å². The minimum atomic E-state index is -0.0645. The van der Waals surface area contributed by atoms with Crippen molar-refractivity contribution in [1.29, 1.82) is 5.26 Å². The molecule has 150 valence electrons. The molecule has 0 atom stereocenters. The summed E-state index contributed by atoms with van der Waals surface area (Å²) in [5, 5.41) is 9.42. The van der Waals surface area contributed by atoms with Crippen LogP contribution in [0.5, 0.6) is 0 Å². The number of aromatic nitrogens is 1. The van der Waals surface area contributed by atoms with Gasteiger partial charge in [0.05, 0.1) is 12.8 Å². The fraction of sp³-hybridized carbons (Fsp3) is 0.381. The van der Waals surface area contributed by atoms with E-state index in [4.69, 9.17) is 13.3 Å². The molecule has 0 bridgehead atoms. The molecule has 1 saturated heterocycles. The van der Waals surface area contributed by atoms with Gasteiger partial charge in [0.15, 0.2) is 5.76 Å². The Bertz CT molecular complexity index is 1020. The first-order valence-electron chi connectivity index (χ1n) is 9.55. The smallest absolute Gasteiger partial charge is 0.266 e. The number of amides is 1. The number of oxazole rings is 1. The van der Waals surface area contributed by atoms with Gasteiger partial charge in [0.25, 0.3) is 5.89 Å². The average Bonchev–Trinajstić information content (AvgIpc) is 3.48. The molecular weight excluding hydrogens is 372 g/mol. The molecule has 0 spiro atoms. The van der Waals surface area contributed by atoms with E-state index < -0.39 is 0 Å². The number of aryl methyl sites for hydroxylation is 1. The number of hydrogen-bond donors (Lipinski definition) is 0. The van der Waals surface area contributed by atoms with Crippen molar-refractivity contribution in [3.63, 3.8) is 0 Å². The van der Waals surface area contributed by atoms with Gasteiger partial charge in [0, 0.05) is 26.1 Å². The lowest BCUT2D eigenvalue weighted by molar-refractivity contribution is -0.135. The highest BCUT2D eigenvalue weighted by Gasteiger charge is 2.30. The highest BCUT2D eigenvalue weighted by molar-refractivity contribution is 5.79. The molecule has 29 heavy (non-hydrogen) atoms. The Balaban J connectivity index is 1.39. The highest BCUT2D eigenvalue weighted by Crippen LogP contribution is 2.31. The van der Waals surface area contributed by atoms with E-state index in [1.165, 1.54) is 6.26 Å². The summed E-state index contributed by atoms with van der Waals surface area (Å²) in [6, 6.07) is 9.35. The van der Waals surface area contributed by atoms with Gasteiger partial charge >= 0.3 is 0 Å². The third-order valence-corrected chi connectivity index (χ3v) is 5.14. The Morgan fingerprint density at radius 1 is 1.31 bits per heavy atom. The van der Waals surface area contributed by atoms with E-state index >= 15 is 0 Å². The maximum absolute atomic E-state index is 12.8. The van der Waals surface area contributed by atoms with Gasteiger partial charge in [-0.2, -0.15) is 10.2 Å². The SMILES string of the molecule is Cc1ccc(CN(C)C(=O)C2CCN(c3oc(-c4ccco4)nc3C#N)CC2)o1. The lowest BCUT2D eigenvalue weighted by Gasteiger charge is -2.32. The average molecular weight is 394 g/mol. The quantitative estimate of drug-likeness (QED) is 0.652. The molecule has 3 aromatic heterocycles. The molecule has 4 heterocycles. The molecule has 0 saturated carbocycles. The van der Waals surface area contributed by atoms with E-state index in [2.05, 4.69) is 11.1 Å². The van der Waals surface area contributed by atoms with Crippen molar-refractivity contribution < 1.29 is 18.0 Å². The van der Waals surface area contributed by atoms with Gasteiger partial charge in [0.1, 0.15) is 17.6 Å². The molecule has 1 aliphatic rings. The van der Waals surface area contributed by atoms with Crippen LogP contribution >= 0.6 is 0 Å². The predicted molar refractivity (Wildman–Crippen MR) is 104 cm³/mol. The highest BCUT2D eigenvalue weighted by atomic mass is 16.4. The molecule has 8 nitrogen and oxygen atoms in total. The molecule has 1 amide bonds. The van der Waals surface area contributed by atoms with Gasteiger partial charge in [-0.15, -0.1) is 0 Å². The fourth-order valence-electron chi connectivity index (χ4n) is 3.63. The molecule has 0 aromatic carbocycles. The number of carbonyl (C=O) groups is 1. The molecule has 0 radical (unpaired) electrons. The van der Waals surface area contributed by atoms with Crippen molar-refractivity contribution in [3.8, 4) is 17.7 Å². The van der Waals surface area contributed by atoms with Crippen LogP contribution in [-0.2, 0) is 11.3 Å². The first-order chi connectivity index (χ1) is 14.0. The number of carbonyl (C=O) groups excluding carboxylic acids is 1. The topological polar surface area (TPSA) is 99.7 Å². The molecule has 8 heteroatoms. The molecular formula is C21H22N4O4.